The van der Waals surface area contributed by atoms with Crippen LogP contribution in [-0.2, 0) is 9.59 Å². The van der Waals surface area contributed by atoms with E-state index in [0.29, 0.717) is 18.7 Å². The highest BCUT2D eigenvalue weighted by molar-refractivity contribution is 5.99. The molecule has 1 fully saturated rings. The highest BCUT2D eigenvalue weighted by Crippen LogP contribution is 2.26. The van der Waals surface area contributed by atoms with Crippen molar-refractivity contribution in [3.05, 3.63) is 35.4 Å². The van der Waals surface area contributed by atoms with Gasteiger partial charge in [-0.15, -0.1) is 0 Å². The molecule has 2 heterocycles. The number of nitrogens with two attached hydrogens (primary N) is 1. The van der Waals surface area contributed by atoms with Gasteiger partial charge in [-0.3, -0.25) is 9.59 Å². The molecule has 0 aromatic heterocycles. The third-order valence-corrected chi connectivity index (χ3v) is 4.11. The number of hydrogen-bond acceptors (Lipinski definition) is 4. The molecule has 6 nitrogen and oxygen atoms in total. The second kappa shape index (κ2) is 5.81. The number of likely N-dealkylation sites (N-methyl/N-ethyl adjacent to an activating group) is 1. The molecule has 2 aliphatic rings. The maximum Gasteiger partial charge on any atom is 0.250 e. The topological polar surface area (TPSA) is 84.7 Å². The molecule has 1 saturated heterocycles. The average Bonchev–Trinajstić information content (AvgIpc) is 2.87. The van der Waals surface area contributed by atoms with Crippen LogP contribution in [0.3, 0.4) is 0 Å². The van der Waals surface area contributed by atoms with Crippen molar-refractivity contribution < 1.29 is 14.3 Å². The zero-order chi connectivity index (χ0) is 15.7. The molecule has 0 bridgehead atoms. The molecule has 6 heteroatoms. The van der Waals surface area contributed by atoms with Gasteiger partial charge in [-0.25, -0.2) is 0 Å². The van der Waals surface area contributed by atoms with Gasteiger partial charge >= 0.3 is 0 Å². The van der Waals surface area contributed by atoms with Crippen molar-refractivity contribution in [1.29, 1.82) is 0 Å². The van der Waals surface area contributed by atoms with Crippen molar-refractivity contribution >= 4 is 17.9 Å². The first kappa shape index (κ1) is 14.6. The lowest BCUT2D eigenvalue weighted by molar-refractivity contribution is -0.122. The Morgan fingerprint density at radius 3 is 2.86 bits per heavy atom. The fourth-order valence-electron chi connectivity index (χ4n) is 2.94. The van der Waals surface area contributed by atoms with Gasteiger partial charge in [-0.2, -0.15) is 0 Å². The quantitative estimate of drug-likeness (QED) is 0.822. The molecular formula is C16H19N3O3. The van der Waals surface area contributed by atoms with Crippen molar-refractivity contribution in [2.45, 2.75) is 6.04 Å². The van der Waals surface area contributed by atoms with Crippen LogP contribution in [0.4, 0.5) is 0 Å². The van der Waals surface area contributed by atoms with Gasteiger partial charge in [0.05, 0.1) is 17.5 Å². The number of nitrogens with zero attached hydrogens (tertiary/aromatic N) is 1. The fourth-order valence-corrected chi connectivity index (χ4v) is 2.94. The zero-order valence-corrected chi connectivity index (χ0v) is 12.4. The maximum absolute atomic E-state index is 12.4. The van der Waals surface area contributed by atoms with Gasteiger partial charge in [0.1, 0.15) is 12.4 Å². The second-order valence-corrected chi connectivity index (χ2v) is 5.81. The minimum Gasteiger partial charge on any atom is -0.488 e. The molecule has 3 rings (SSSR count). The summed E-state index contributed by atoms with van der Waals surface area (Å²) in [7, 11) is 1.90. The molecule has 2 aliphatic heterocycles. The summed E-state index contributed by atoms with van der Waals surface area (Å²) in [5.74, 6) is -0.170. The van der Waals surface area contributed by atoms with Crippen LogP contribution in [0.5, 0.6) is 5.75 Å². The van der Waals surface area contributed by atoms with Gasteiger partial charge in [0.15, 0.2) is 0 Å². The maximum atomic E-state index is 12.4. The first-order chi connectivity index (χ1) is 10.5. The minimum absolute atomic E-state index is 0.207. The summed E-state index contributed by atoms with van der Waals surface area (Å²) in [6.45, 7) is 1.41. The Labute approximate surface area is 128 Å². The summed E-state index contributed by atoms with van der Waals surface area (Å²) < 4.78 is 5.59. The molecule has 22 heavy (non-hydrogen) atoms. The van der Waals surface area contributed by atoms with E-state index in [9.17, 15) is 9.59 Å². The number of benzene rings is 1. The zero-order valence-electron chi connectivity index (χ0n) is 12.4. The lowest BCUT2D eigenvalue weighted by atomic mass is 10.0. The molecule has 0 aliphatic carbocycles. The largest absolute Gasteiger partial charge is 0.488 e. The predicted molar refractivity (Wildman–Crippen MR) is 82.0 cm³/mol. The Morgan fingerprint density at radius 2 is 2.09 bits per heavy atom. The van der Waals surface area contributed by atoms with Crippen molar-refractivity contribution in [3.63, 3.8) is 0 Å². The van der Waals surface area contributed by atoms with Crippen LogP contribution in [0.15, 0.2) is 29.8 Å². The van der Waals surface area contributed by atoms with Gasteiger partial charge in [-0.05, 0) is 19.2 Å². The SMILES string of the molecule is CN1C[C@H](NC(=O)C2=Cc3ccccc3OC2)[C@H](C(N)=O)C1. The smallest absolute Gasteiger partial charge is 0.250 e. The number of nitrogens with one attached hydrogen (secondary N) is 1. The van der Waals surface area contributed by atoms with Crippen molar-refractivity contribution in [2.24, 2.45) is 11.7 Å². The number of para-hydroxylation sites is 1. The first-order valence-corrected chi connectivity index (χ1v) is 7.25. The number of likely N-dealkylation sites (tertiary alicyclic amines) is 1. The number of carbonyl (C=O) groups excluding carboxylic acids is 2. The van der Waals surface area contributed by atoms with Crippen LogP contribution in [0.1, 0.15) is 5.56 Å². The molecule has 2 atom stereocenters. The Hall–Kier alpha value is -2.34. The normalized spacial score (nSPS) is 24.1. The van der Waals surface area contributed by atoms with Gasteiger partial charge in [0, 0.05) is 18.7 Å². The van der Waals surface area contributed by atoms with E-state index in [1.165, 1.54) is 0 Å². The molecule has 2 amide bonds. The number of primary amides is 1. The Kier molecular flexibility index (Phi) is 3.85. The van der Waals surface area contributed by atoms with Gasteiger partial charge in [-0.1, -0.05) is 18.2 Å². The summed E-state index contributed by atoms with van der Waals surface area (Å²) in [5.41, 5.74) is 6.85. The lowest BCUT2D eigenvalue weighted by Gasteiger charge is -2.21. The predicted octanol–water partition coefficient (Wildman–Crippen LogP) is -0.00590. The van der Waals surface area contributed by atoms with Crippen LogP contribution in [-0.4, -0.2) is 49.5 Å². The lowest BCUT2D eigenvalue weighted by Crippen LogP contribution is -2.45. The molecule has 3 N–H and O–H groups in total. The first-order valence-electron chi connectivity index (χ1n) is 7.25. The summed E-state index contributed by atoms with van der Waals surface area (Å²) in [5, 5.41) is 2.91. The molecule has 0 spiro atoms. The number of carbonyl (C=O) groups is 2. The second-order valence-electron chi connectivity index (χ2n) is 5.81. The van der Waals surface area contributed by atoms with Gasteiger partial charge in [0.25, 0.3) is 5.91 Å². The van der Waals surface area contributed by atoms with E-state index in [1.807, 2.05) is 42.3 Å². The Bertz CT molecular complexity index is 641. The summed E-state index contributed by atoms with van der Waals surface area (Å²) >= 11 is 0. The van der Waals surface area contributed by atoms with Crippen molar-refractivity contribution in [1.82, 2.24) is 10.2 Å². The monoisotopic (exact) mass is 301 g/mol. The summed E-state index contributed by atoms with van der Waals surface area (Å²) in [6, 6.07) is 7.30. The molecule has 116 valence electrons. The standard InChI is InChI=1S/C16H19N3O3/c1-19-7-12(15(17)20)13(8-19)18-16(21)11-6-10-4-2-3-5-14(10)22-9-11/h2-6,12-13H,7-9H2,1H3,(H2,17,20)(H,18,21)/t12-,13+/m1/s1. The summed E-state index contributed by atoms with van der Waals surface area (Å²) in [4.78, 5) is 25.9. The van der Waals surface area contributed by atoms with E-state index in [-0.39, 0.29) is 30.4 Å². The number of hydrogen-bond donors (Lipinski definition) is 2. The molecule has 0 saturated carbocycles. The third kappa shape index (κ3) is 2.82. The summed E-state index contributed by atoms with van der Waals surface area (Å²) in [6.07, 6.45) is 1.83. The fraction of sp³-hybridized carbons (Fsp3) is 0.375. The minimum atomic E-state index is -0.381. The van der Waals surface area contributed by atoms with E-state index in [4.69, 9.17) is 10.5 Å². The van der Waals surface area contributed by atoms with Crippen molar-refractivity contribution in [3.8, 4) is 5.75 Å². The average molecular weight is 301 g/mol. The van der Waals surface area contributed by atoms with Crippen molar-refractivity contribution in [2.75, 3.05) is 26.7 Å². The molecule has 0 unspecified atom stereocenters. The van der Waals surface area contributed by atoms with E-state index in [0.717, 1.165) is 11.3 Å². The van der Waals surface area contributed by atoms with Crippen LogP contribution < -0.4 is 15.8 Å². The Morgan fingerprint density at radius 1 is 1.32 bits per heavy atom. The number of amides is 2. The van der Waals surface area contributed by atoms with Crippen LogP contribution in [0.25, 0.3) is 6.08 Å². The van der Waals surface area contributed by atoms with Crippen LogP contribution >= 0.6 is 0 Å². The molecule has 1 aromatic carbocycles. The highest BCUT2D eigenvalue weighted by Gasteiger charge is 2.36. The van der Waals surface area contributed by atoms with E-state index in [2.05, 4.69) is 5.32 Å². The van der Waals surface area contributed by atoms with Gasteiger partial charge in [0.2, 0.25) is 5.91 Å². The number of fused-ring (bicyclic) bond motifs is 1. The van der Waals surface area contributed by atoms with Crippen LogP contribution in [0, 0.1) is 5.92 Å². The molecule has 0 radical (unpaired) electrons. The van der Waals surface area contributed by atoms with E-state index < -0.39 is 0 Å². The number of ether oxygens (including phenoxy) is 1. The Balaban J connectivity index is 1.73. The van der Waals surface area contributed by atoms with E-state index in [1.54, 1.807) is 0 Å². The highest BCUT2D eigenvalue weighted by atomic mass is 16.5. The number of rotatable bonds is 3. The molecular weight excluding hydrogens is 282 g/mol. The van der Waals surface area contributed by atoms with Gasteiger partial charge < -0.3 is 20.7 Å². The van der Waals surface area contributed by atoms with Crippen LogP contribution in [0.2, 0.25) is 0 Å². The van der Waals surface area contributed by atoms with E-state index >= 15 is 0 Å². The molecule has 1 aromatic rings. The third-order valence-electron chi connectivity index (χ3n) is 4.11.